The lowest BCUT2D eigenvalue weighted by atomic mass is 9.43. The molecule has 0 radical (unpaired) electrons. The quantitative estimate of drug-likeness (QED) is 0.735. The smallest absolute Gasteiger partial charge is 0.401 e. The van der Waals surface area contributed by atoms with Crippen LogP contribution in [-0.2, 0) is 15.5 Å². The number of benzene rings is 1. The summed E-state index contributed by atoms with van der Waals surface area (Å²) in [4.78, 5) is 0. The highest BCUT2D eigenvalue weighted by atomic mass is 19.4. The van der Waals surface area contributed by atoms with E-state index in [0.717, 1.165) is 18.9 Å². The number of rotatable bonds is 1. The Balaban J connectivity index is 1.68. The highest BCUT2D eigenvalue weighted by Gasteiger charge is 2.68. The summed E-state index contributed by atoms with van der Waals surface area (Å²) in [6.45, 7) is 6.47. The van der Waals surface area contributed by atoms with Gasteiger partial charge >= 0.3 is 13.3 Å². The van der Waals surface area contributed by atoms with Crippen LogP contribution in [0.15, 0.2) is 24.3 Å². The third-order valence-corrected chi connectivity index (χ3v) is 6.47. The third-order valence-electron chi connectivity index (χ3n) is 6.47. The van der Waals surface area contributed by atoms with Crippen molar-refractivity contribution in [3.63, 3.8) is 0 Å². The number of hydrogen-bond donors (Lipinski definition) is 0. The van der Waals surface area contributed by atoms with Gasteiger partial charge in [-0.05, 0) is 42.5 Å². The van der Waals surface area contributed by atoms with Gasteiger partial charge in [0, 0.05) is 0 Å². The SMILES string of the molecule is CC1(C)C2CC3OB(c4ccccc4C(F)(F)F)OC3(C)C1C2. The summed E-state index contributed by atoms with van der Waals surface area (Å²) in [6, 6.07) is 5.56. The van der Waals surface area contributed by atoms with E-state index in [0.29, 0.717) is 11.8 Å². The van der Waals surface area contributed by atoms with Crippen LogP contribution < -0.4 is 5.46 Å². The molecule has 4 aliphatic rings. The molecule has 1 aromatic carbocycles. The van der Waals surface area contributed by atoms with E-state index in [1.807, 2.05) is 6.92 Å². The lowest BCUT2D eigenvalue weighted by Crippen LogP contribution is -2.65. The van der Waals surface area contributed by atoms with Crippen LogP contribution in [0.2, 0.25) is 0 Å². The van der Waals surface area contributed by atoms with E-state index in [1.54, 1.807) is 6.07 Å². The minimum atomic E-state index is -4.40. The average Bonchev–Trinajstić information content (AvgIpc) is 2.83. The van der Waals surface area contributed by atoms with Crippen molar-refractivity contribution in [1.29, 1.82) is 0 Å². The van der Waals surface area contributed by atoms with Crippen molar-refractivity contribution in [3.8, 4) is 0 Å². The van der Waals surface area contributed by atoms with Crippen molar-refractivity contribution in [1.82, 2.24) is 0 Å². The van der Waals surface area contributed by atoms with Crippen LogP contribution >= 0.6 is 0 Å². The zero-order valence-corrected chi connectivity index (χ0v) is 13.5. The first-order valence-corrected chi connectivity index (χ1v) is 8.13. The van der Waals surface area contributed by atoms with Crippen molar-refractivity contribution in [2.45, 2.75) is 51.5 Å². The molecule has 2 bridgehead atoms. The molecule has 0 N–H and O–H groups in total. The molecule has 1 aliphatic heterocycles. The van der Waals surface area contributed by atoms with E-state index in [2.05, 4.69) is 13.8 Å². The molecule has 124 valence electrons. The second-order valence-corrected chi connectivity index (χ2v) is 7.89. The molecule has 3 saturated carbocycles. The lowest BCUT2D eigenvalue weighted by Gasteiger charge is -2.64. The average molecular weight is 324 g/mol. The van der Waals surface area contributed by atoms with E-state index >= 15 is 0 Å². The van der Waals surface area contributed by atoms with Gasteiger partial charge in [0.05, 0.1) is 17.3 Å². The molecule has 6 heteroatoms. The summed E-state index contributed by atoms with van der Waals surface area (Å²) < 4.78 is 51.9. The van der Waals surface area contributed by atoms with Gasteiger partial charge in [-0.3, -0.25) is 0 Å². The number of halogens is 3. The molecular weight excluding hydrogens is 304 g/mol. The first kappa shape index (κ1) is 15.5. The van der Waals surface area contributed by atoms with Gasteiger partial charge < -0.3 is 9.31 Å². The van der Waals surface area contributed by atoms with Gasteiger partial charge in [0.25, 0.3) is 0 Å². The largest absolute Gasteiger partial charge is 0.495 e. The van der Waals surface area contributed by atoms with Crippen molar-refractivity contribution in [3.05, 3.63) is 29.8 Å². The van der Waals surface area contributed by atoms with Gasteiger partial charge in [-0.1, -0.05) is 38.1 Å². The van der Waals surface area contributed by atoms with E-state index < -0.39 is 24.5 Å². The predicted octanol–water partition coefficient (Wildman–Crippen LogP) is 3.64. The lowest BCUT2D eigenvalue weighted by molar-refractivity contribution is -0.199. The van der Waals surface area contributed by atoms with E-state index in [1.165, 1.54) is 12.1 Å². The molecule has 0 amide bonds. The second kappa shape index (κ2) is 4.54. The maximum Gasteiger partial charge on any atom is 0.495 e. The van der Waals surface area contributed by atoms with Crippen LogP contribution in [-0.4, -0.2) is 18.8 Å². The summed E-state index contributed by atoms with van der Waals surface area (Å²) in [5.41, 5.74) is -0.904. The zero-order valence-electron chi connectivity index (χ0n) is 13.5. The fourth-order valence-corrected chi connectivity index (χ4v) is 4.96. The second-order valence-electron chi connectivity index (χ2n) is 7.89. The van der Waals surface area contributed by atoms with Crippen molar-refractivity contribution < 1.29 is 22.5 Å². The molecule has 0 aromatic heterocycles. The molecule has 3 aliphatic carbocycles. The van der Waals surface area contributed by atoms with Crippen molar-refractivity contribution in [2.24, 2.45) is 17.3 Å². The molecule has 4 atom stereocenters. The third kappa shape index (κ3) is 2.04. The summed E-state index contributed by atoms with van der Waals surface area (Å²) in [7, 11) is -0.932. The van der Waals surface area contributed by atoms with Crippen LogP contribution in [0.3, 0.4) is 0 Å². The molecule has 23 heavy (non-hydrogen) atoms. The molecule has 1 heterocycles. The Morgan fingerprint density at radius 1 is 1.13 bits per heavy atom. The molecule has 2 nitrogen and oxygen atoms in total. The molecule has 4 fully saturated rings. The maximum absolute atomic E-state index is 13.3. The topological polar surface area (TPSA) is 18.5 Å². The molecule has 1 saturated heterocycles. The normalized spacial score (nSPS) is 38.2. The first-order chi connectivity index (χ1) is 10.6. The number of alkyl halides is 3. The van der Waals surface area contributed by atoms with Gasteiger partial charge in [-0.2, -0.15) is 13.2 Å². The molecular formula is C17H20BF3O2. The molecule has 4 unspecified atom stereocenters. The number of hydrogen-bond acceptors (Lipinski definition) is 2. The molecule has 0 spiro atoms. The van der Waals surface area contributed by atoms with Crippen molar-refractivity contribution >= 4 is 12.6 Å². The highest BCUT2D eigenvalue weighted by Crippen LogP contribution is 2.65. The minimum Gasteiger partial charge on any atom is -0.401 e. The summed E-state index contributed by atoms with van der Waals surface area (Å²) in [5, 5.41) is 0. The summed E-state index contributed by atoms with van der Waals surface area (Å²) in [6.07, 6.45) is -2.58. The van der Waals surface area contributed by atoms with E-state index in [9.17, 15) is 13.2 Å². The highest BCUT2D eigenvalue weighted by molar-refractivity contribution is 6.62. The zero-order chi connectivity index (χ0) is 16.6. The Kier molecular flexibility index (Phi) is 3.06. The van der Waals surface area contributed by atoms with E-state index in [-0.39, 0.29) is 17.0 Å². The predicted molar refractivity (Wildman–Crippen MR) is 81.2 cm³/mol. The van der Waals surface area contributed by atoms with Crippen molar-refractivity contribution in [2.75, 3.05) is 0 Å². The van der Waals surface area contributed by atoms with Gasteiger partial charge in [-0.25, -0.2) is 0 Å². The van der Waals surface area contributed by atoms with Crippen LogP contribution in [0.25, 0.3) is 0 Å². The van der Waals surface area contributed by atoms with Gasteiger partial charge in [-0.15, -0.1) is 0 Å². The minimum absolute atomic E-state index is 0.0885. The Bertz CT molecular complexity index is 645. The standard InChI is InChI=1S/C17H20BF3O2/c1-15(2)10-8-13(15)16(3)14(9-10)22-18(23-16)12-7-5-4-6-11(12)17(19,20)21/h4-7,10,13-14H,8-9H2,1-3H3. The fourth-order valence-electron chi connectivity index (χ4n) is 4.96. The Hall–Kier alpha value is -1.01. The molecule has 5 rings (SSSR count). The maximum atomic E-state index is 13.3. The van der Waals surface area contributed by atoms with Gasteiger partial charge in [0.1, 0.15) is 0 Å². The van der Waals surface area contributed by atoms with Gasteiger partial charge in [0.2, 0.25) is 0 Å². The van der Waals surface area contributed by atoms with E-state index in [4.69, 9.17) is 9.31 Å². The fraction of sp³-hybridized carbons (Fsp3) is 0.647. The Morgan fingerprint density at radius 3 is 2.48 bits per heavy atom. The van der Waals surface area contributed by atoms with Crippen LogP contribution in [0.1, 0.15) is 39.2 Å². The summed E-state index contributed by atoms with van der Waals surface area (Å²) in [5.74, 6) is 0.910. The van der Waals surface area contributed by atoms with Gasteiger partial charge in [0.15, 0.2) is 0 Å². The molecule has 1 aromatic rings. The first-order valence-electron chi connectivity index (χ1n) is 8.13. The monoisotopic (exact) mass is 324 g/mol. The Labute approximate surface area is 134 Å². The summed E-state index contributed by atoms with van der Waals surface area (Å²) >= 11 is 0. The van der Waals surface area contributed by atoms with Crippen LogP contribution in [0, 0.1) is 17.3 Å². The van der Waals surface area contributed by atoms with Crippen LogP contribution in [0.4, 0.5) is 13.2 Å². The Morgan fingerprint density at radius 2 is 1.83 bits per heavy atom. The van der Waals surface area contributed by atoms with Crippen LogP contribution in [0.5, 0.6) is 0 Å².